The van der Waals surface area contributed by atoms with Crippen molar-refractivity contribution in [3.05, 3.63) is 68.7 Å². The number of aromatic nitrogens is 2. The molecule has 1 aliphatic heterocycles. The van der Waals surface area contributed by atoms with Gasteiger partial charge in [-0.2, -0.15) is 4.31 Å². The van der Waals surface area contributed by atoms with Gasteiger partial charge in [-0.1, -0.05) is 24.3 Å². The van der Waals surface area contributed by atoms with E-state index < -0.39 is 10.0 Å². The van der Waals surface area contributed by atoms with Gasteiger partial charge in [-0.25, -0.2) is 13.4 Å². The molecule has 7 heteroatoms. The zero-order valence-corrected chi connectivity index (χ0v) is 13.8. The lowest BCUT2D eigenvalue weighted by molar-refractivity contribution is 0.257. The minimum absolute atomic E-state index is 0.0508. The maximum Gasteiger partial charge on any atom is 0.250 e. The van der Waals surface area contributed by atoms with Crippen molar-refractivity contribution in [2.45, 2.75) is 18.8 Å². The highest BCUT2D eigenvalue weighted by atomic mass is 32.2. The van der Waals surface area contributed by atoms with Crippen LogP contribution in [0.4, 0.5) is 0 Å². The Kier molecular flexibility index (Phi) is 3.62. The summed E-state index contributed by atoms with van der Waals surface area (Å²) < 4.78 is 27.0. The summed E-state index contributed by atoms with van der Waals surface area (Å²) in [4.78, 5) is 18.6. The molecule has 2 heterocycles. The Morgan fingerprint density at radius 2 is 1.92 bits per heavy atom. The number of nitrogens with one attached hydrogen (secondary N) is 1. The van der Waals surface area contributed by atoms with Gasteiger partial charge in [0.05, 0.1) is 4.91 Å². The van der Waals surface area contributed by atoms with Crippen LogP contribution in [0.5, 0.6) is 0 Å². The quantitative estimate of drug-likeness (QED) is 0.915. The summed E-state index contributed by atoms with van der Waals surface area (Å²) >= 11 is 0. The summed E-state index contributed by atoms with van der Waals surface area (Å²) in [7, 11) is -3.44. The SMILES string of the molecule is O=c1ccnc(C2CN(S(=O)(=O)C3=Cc4ccccc4CC3)C2)[nH]1. The number of rotatable bonds is 3. The Bertz CT molecular complexity index is 972. The van der Waals surface area contributed by atoms with Gasteiger partial charge in [0.15, 0.2) is 0 Å². The summed E-state index contributed by atoms with van der Waals surface area (Å²) in [6.07, 6.45) is 4.50. The molecule has 1 aliphatic carbocycles. The third-order valence-corrected chi connectivity index (χ3v) is 6.57. The van der Waals surface area contributed by atoms with E-state index in [2.05, 4.69) is 9.97 Å². The molecule has 0 spiro atoms. The van der Waals surface area contributed by atoms with Crippen molar-refractivity contribution >= 4 is 16.1 Å². The molecule has 0 unspecified atom stereocenters. The number of fused-ring (bicyclic) bond motifs is 1. The van der Waals surface area contributed by atoms with Crippen LogP contribution >= 0.6 is 0 Å². The van der Waals surface area contributed by atoms with Crippen LogP contribution < -0.4 is 5.56 Å². The van der Waals surface area contributed by atoms with E-state index >= 15 is 0 Å². The summed E-state index contributed by atoms with van der Waals surface area (Å²) in [6.45, 7) is 0.711. The van der Waals surface area contributed by atoms with Crippen LogP contribution in [0, 0.1) is 0 Å². The average molecular weight is 343 g/mol. The number of hydrogen-bond donors (Lipinski definition) is 1. The molecule has 0 saturated carbocycles. The first kappa shape index (κ1) is 15.3. The van der Waals surface area contributed by atoms with Gasteiger partial charge in [0.25, 0.3) is 5.56 Å². The Morgan fingerprint density at radius 3 is 2.71 bits per heavy atom. The summed E-state index contributed by atoms with van der Waals surface area (Å²) in [5, 5.41) is 0. The highest BCUT2D eigenvalue weighted by Crippen LogP contribution is 2.34. The number of sulfonamides is 1. The Balaban J connectivity index is 1.54. The van der Waals surface area contributed by atoms with Gasteiger partial charge in [0, 0.05) is 31.3 Å². The fourth-order valence-electron chi connectivity index (χ4n) is 3.18. The van der Waals surface area contributed by atoms with E-state index in [4.69, 9.17) is 0 Å². The summed E-state index contributed by atoms with van der Waals surface area (Å²) in [5.41, 5.74) is 1.95. The van der Waals surface area contributed by atoms with Crippen LogP contribution in [-0.4, -0.2) is 35.8 Å². The number of aromatic amines is 1. The third-order valence-electron chi connectivity index (χ3n) is 4.61. The minimum atomic E-state index is -3.44. The molecule has 124 valence electrons. The fraction of sp³-hybridized carbons (Fsp3) is 0.294. The zero-order chi connectivity index (χ0) is 16.7. The second kappa shape index (κ2) is 5.68. The maximum atomic E-state index is 12.8. The predicted molar refractivity (Wildman–Crippen MR) is 90.8 cm³/mol. The molecule has 24 heavy (non-hydrogen) atoms. The van der Waals surface area contributed by atoms with Gasteiger partial charge >= 0.3 is 0 Å². The Hall–Kier alpha value is -2.25. The van der Waals surface area contributed by atoms with E-state index in [0.29, 0.717) is 30.2 Å². The number of hydrogen-bond acceptors (Lipinski definition) is 4. The van der Waals surface area contributed by atoms with Gasteiger partial charge in [0.1, 0.15) is 5.82 Å². The first-order valence-corrected chi connectivity index (χ1v) is 9.32. The van der Waals surface area contributed by atoms with Crippen LogP contribution in [0.1, 0.15) is 29.3 Å². The Morgan fingerprint density at radius 1 is 1.12 bits per heavy atom. The fourth-order valence-corrected chi connectivity index (χ4v) is 4.90. The predicted octanol–water partition coefficient (Wildman–Crippen LogP) is 1.49. The summed E-state index contributed by atoms with van der Waals surface area (Å²) in [6, 6.07) is 9.22. The second-order valence-corrected chi connectivity index (χ2v) is 8.14. The number of H-pyrrole nitrogens is 1. The van der Waals surface area contributed by atoms with Crippen molar-refractivity contribution in [1.29, 1.82) is 0 Å². The number of benzene rings is 1. The normalized spacial score (nSPS) is 18.6. The molecule has 0 bridgehead atoms. The lowest BCUT2D eigenvalue weighted by Crippen LogP contribution is -2.49. The van der Waals surface area contributed by atoms with Crippen molar-refractivity contribution in [2.75, 3.05) is 13.1 Å². The number of aryl methyl sites for hydroxylation is 1. The van der Waals surface area contributed by atoms with Gasteiger partial charge < -0.3 is 4.98 Å². The first-order chi connectivity index (χ1) is 11.5. The van der Waals surface area contributed by atoms with Crippen LogP contribution in [-0.2, 0) is 16.4 Å². The van der Waals surface area contributed by atoms with Gasteiger partial charge in [0.2, 0.25) is 10.0 Å². The van der Waals surface area contributed by atoms with E-state index in [1.54, 1.807) is 6.08 Å². The van der Waals surface area contributed by atoms with E-state index in [1.807, 2.05) is 24.3 Å². The molecule has 1 aromatic carbocycles. The standard InChI is InChI=1S/C17H17N3O3S/c21-16-7-8-18-17(19-16)14-10-20(11-14)24(22,23)15-6-5-12-3-1-2-4-13(12)9-15/h1-4,7-9,14H,5-6,10-11H2,(H,18,19,21). The van der Waals surface area contributed by atoms with Gasteiger partial charge in [-0.15, -0.1) is 0 Å². The molecule has 0 amide bonds. The van der Waals surface area contributed by atoms with Crippen molar-refractivity contribution in [3.8, 4) is 0 Å². The Labute approximate surface area is 139 Å². The molecule has 1 N–H and O–H groups in total. The third kappa shape index (κ3) is 2.59. The zero-order valence-electron chi connectivity index (χ0n) is 13.0. The topological polar surface area (TPSA) is 83.1 Å². The van der Waals surface area contributed by atoms with Gasteiger partial charge in [-0.3, -0.25) is 4.79 Å². The van der Waals surface area contributed by atoms with E-state index in [-0.39, 0.29) is 11.5 Å². The largest absolute Gasteiger partial charge is 0.310 e. The lowest BCUT2D eigenvalue weighted by Gasteiger charge is -2.38. The minimum Gasteiger partial charge on any atom is -0.310 e. The summed E-state index contributed by atoms with van der Waals surface area (Å²) in [5.74, 6) is 0.502. The van der Waals surface area contributed by atoms with Crippen LogP contribution in [0.25, 0.3) is 6.08 Å². The average Bonchev–Trinajstić information content (AvgIpc) is 2.53. The second-order valence-electron chi connectivity index (χ2n) is 6.15. The molecule has 1 fully saturated rings. The molecule has 2 aliphatic rings. The van der Waals surface area contributed by atoms with E-state index in [9.17, 15) is 13.2 Å². The molecule has 0 atom stereocenters. The molecule has 1 saturated heterocycles. The molecular weight excluding hydrogens is 326 g/mol. The molecule has 1 aromatic heterocycles. The van der Waals surface area contributed by atoms with Crippen LogP contribution in [0.2, 0.25) is 0 Å². The smallest absolute Gasteiger partial charge is 0.250 e. The van der Waals surface area contributed by atoms with E-state index in [1.165, 1.54) is 22.1 Å². The van der Waals surface area contributed by atoms with Crippen molar-refractivity contribution in [3.63, 3.8) is 0 Å². The van der Waals surface area contributed by atoms with Crippen molar-refractivity contribution in [1.82, 2.24) is 14.3 Å². The monoisotopic (exact) mass is 343 g/mol. The number of allylic oxidation sites excluding steroid dienone is 1. The van der Waals surface area contributed by atoms with Crippen molar-refractivity contribution in [2.24, 2.45) is 0 Å². The van der Waals surface area contributed by atoms with Crippen LogP contribution in [0.3, 0.4) is 0 Å². The number of nitrogens with zero attached hydrogens (tertiary/aromatic N) is 2. The maximum absolute atomic E-state index is 12.8. The van der Waals surface area contributed by atoms with Crippen molar-refractivity contribution < 1.29 is 8.42 Å². The highest BCUT2D eigenvalue weighted by molar-refractivity contribution is 7.93. The molecule has 0 radical (unpaired) electrons. The highest BCUT2D eigenvalue weighted by Gasteiger charge is 2.39. The van der Waals surface area contributed by atoms with E-state index in [0.717, 1.165) is 12.0 Å². The van der Waals surface area contributed by atoms with Crippen LogP contribution in [0.15, 0.2) is 46.2 Å². The first-order valence-electron chi connectivity index (χ1n) is 7.88. The molecule has 6 nitrogen and oxygen atoms in total. The molecule has 4 rings (SSSR count). The lowest BCUT2D eigenvalue weighted by atomic mass is 9.98. The molecule has 2 aromatic rings. The van der Waals surface area contributed by atoms with Gasteiger partial charge in [-0.05, 0) is 30.0 Å². The molecular formula is C17H17N3O3S.